The van der Waals surface area contributed by atoms with Crippen molar-refractivity contribution in [3.05, 3.63) is 11.0 Å². The Labute approximate surface area is 246 Å². The third-order valence-corrected chi connectivity index (χ3v) is 9.47. The summed E-state index contributed by atoms with van der Waals surface area (Å²) in [5.74, 6) is -3.15. The molecular weight excluding hydrogens is 577 g/mol. The predicted molar refractivity (Wildman–Crippen MR) is 147 cm³/mol. The maximum atomic E-state index is 15.5. The van der Waals surface area contributed by atoms with E-state index in [0.717, 1.165) is 19.3 Å². The number of rotatable bonds is 3. The standard InChI is InChI=1S/C28H34ClF3N6O4/c1-26(2,3)42-25(39)38-15-5-6-17(38)16-7-10-40-23-18-20(19(30)21(29)34-23)33-24(35-22(18)37(16)11-15)41-14-27-8-4-9-36(27)13-28(31,32)12-27/h15-17H,4-14H2,1-3H3/t15-,16-,17+,27?/m1/s1. The van der Waals surface area contributed by atoms with Crippen molar-refractivity contribution < 1.29 is 32.2 Å². The number of aromatic nitrogens is 3. The molecule has 0 spiro atoms. The average molecular weight is 611 g/mol. The van der Waals surface area contributed by atoms with Gasteiger partial charge in [0.1, 0.15) is 28.9 Å². The third kappa shape index (κ3) is 4.58. The number of carbonyl (C=O) groups excluding carboxylic acids is 1. The number of nitrogens with zero attached hydrogens (tertiary/aromatic N) is 6. The van der Waals surface area contributed by atoms with Crippen molar-refractivity contribution in [3.8, 4) is 11.9 Å². The van der Waals surface area contributed by atoms with Crippen LogP contribution in [-0.4, -0.2) is 98.9 Å². The lowest BCUT2D eigenvalue weighted by Crippen LogP contribution is -2.62. The van der Waals surface area contributed by atoms with Crippen LogP contribution in [0.4, 0.5) is 23.8 Å². The van der Waals surface area contributed by atoms with Crippen LogP contribution >= 0.6 is 11.6 Å². The van der Waals surface area contributed by atoms with E-state index in [9.17, 15) is 13.6 Å². The molecule has 42 heavy (non-hydrogen) atoms. The number of amides is 1. The first-order valence-electron chi connectivity index (χ1n) is 14.6. The molecule has 0 radical (unpaired) electrons. The van der Waals surface area contributed by atoms with Gasteiger partial charge in [0, 0.05) is 19.4 Å². The summed E-state index contributed by atoms with van der Waals surface area (Å²) in [6.45, 7) is 6.44. The van der Waals surface area contributed by atoms with Gasteiger partial charge >= 0.3 is 12.1 Å². The van der Waals surface area contributed by atoms with Crippen molar-refractivity contribution in [2.24, 2.45) is 0 Å². The monoisotopic (exact) mass is 610 g/mol. The summed E-state index contributed by atoms with van der Waals surface area (Å²) in [7, 11) is 0. The molecule has 5 aliphatic rings. The van der Waals surface area contributed by atoms with E-state index in [1.807, 2.05) is 25.7 Å². The summed E-state index contributed by atoms with van der Waals surface area (Å²) in [5, 5.41) is -0.122. The van der Waals surface area contributed by atoms with Gasteiger partial charge in [0.15, 0.2) is 11.0 Å². The van der Waals surface area contributed by atoms with Crippen molar-refractivity contribution in [2.75, 3.05) is 37.7 Å². The molecule has 2 aromatic heterocycles. The number of carbonyl (C=O) groups is 1. The second-order valence-corrected chi connectivity index (χ2v) is 13.5. The van der Waals surface area contributed by atoms with Gasteiger partial charge in [-0.15, -0.1) is 0 Å². The molecule has 5 aliphatic heterocycles. The van der Waals surface area contributed by atoms with Gasteiger partial charge in [-0.05, 0) is 53.0 Å². The maximum Gasteiger partial charge on any atom is 0.410 e. The molecule has 0 aliphatic carbocycles. The van der Waals surface area contributed by atoms with Crippen LogP contribution in [-0.2, 0) is 4.74 Å². The Kier molecular flexibility index (Phi) is 6.40. The van der Waals surface area contributed by atoms with Gasteiger partial charge in [0.25, 0.3) is 5.92 Å². The summed E-state index contributed by atoms with van der Waals surface area (Å²) in [6.07, 6.45) is 2.80. The van der Waals surface area contributed by atoms with Crippen molar-refractivity contribution in [2.45, 2.75) is 94.5 Å². The number of ether oxygens (including phenoxy) is 3. The third-order valence-electron chi connectivity index (χ3n) is 9.22. The minimum Gasteiger partial charge on any atom is -0.477 e. The van der Waals surface area contributed by atoms with E-state index in [2.05, 4.69) is 14.9 Å². The maximum absolute atomic E-state index is 15.5. The topological polar surface area (TPSA) is 93.1 Å². The van der Waals surface area contributed by atoms with Crippen LogP contribution in [0.1, 0.15) is 59.3 Å². The number of pyridine rings is 1. The fraction of sp³-hybridized carbons (Fsp3) is 0.714. The summed E-state index contributed by atoms with van der Waals surface area (Å²) >= 11 is 6.15. The van der Waals surface area contributed by atoms with Crippen molar-refractivity contribution in [1.29, 1.82) is 0 Å². The largest absolute Gasteiger partial charge is 0.477 e. The number of hydrogen-bond donors (Lipinski definition) is 0. The van der Waals surface area contributed by atoms with E-state index in [1.165, 1.54) is 0 Å². The minimum absolute atomic E-state index is 0.0432. The van der Waals surface area contributed by atoms with E-state index in [4.69, 9.17) is 30.8 Å². The normalized spacial score (nSPS) is 30.0. The smallest absolute Gasteiger partial charge is 0.410 e. The molecule has 0 N–H and O–H groups in total. The number of hydrogen-bond acceptors (Lipinski definition) is 9. The van der Waals surface area contributed by atoms with E-state index in [1.54, 1.807) is 4.90 Å². The number of halogens is 4. The summed E-state index contributed by atoms with van der Waals surface area (Å²) in [5.41, 5.74) is -1.57. The first-order chi connectivity index (χ1) is 19.8. The predicted octanol–water partition coefficient (Wildman–Crippen LogP) is 4.81. The van der Waals surface area contributed by atoms with Gasteiger partial charge in [-0.25, -0.2) is 18.0 Å². The van der Waals surface area contributed by atoms with Crippen LogP contribution in [0, 0.1) is 5.82 Å². The van der Waals surface area contributed by atoms with Gasteiger partial charge in [0.2, 0.25) is 5.88 Å². The zero-order valence-corrected chi connectivity index (χ0v) is 24.6. The van der Waals surface area contributed by atoms with Crippen LogP contribution in [0.3, 0.4) is 0 Å². The van der Waals surface area contributed by atoms with Crippen LogP contribution in [0.15, 0.2) is 0 Å². The first kappa shape index (κ1) is 28.0. The second kappa shape index (κ2) is 9.60. The molecule has 0 saturated carbocycles. The molecule has 14 heteroatoms. The molecule has 10 nitrogen and oxygen atoms in total. The van der Waals surface area contributed by atoms with Crippen molar-refractivity contribution in [1.82, 2.24) is 24.8 Å². The zero-order chi connectivity index (χ0) is 29.6. The van der Waals surface area contributed by atoms with Gasteiger partial charge in [0.05, 0.1) is 36.8 Å². The molecule has 4 fully saturated rings. The molecule has 4 atom stereocenters. The molecule has 7 rings (SSSR count). The Morgan fingerprint density at radius 1 is 1.17 bits per heavy atom. The lowest BCUT2D eigenvalue weighted by atomic mass is 9.94. The average Bonchev–Trinajstić information content (AvgIpc) is 3.51. The Bertz CT molecular complexity index is 1440. The quantitative estimate of drug-likeness (QED) is 0.454. The highest BCUT2D eigenvalue weighted by molar-refractivity contribution is 6.30. The van der Waals surface area contributed by atoms with Gasteiger partial charge in [-0.3, -0.25) is 9.80 Å². The van der Waals surface area contributed by atoms with Gasteiger partial charge < -0.3 is 19.1 Å². The Hall–Kier alpha value is -2.80. The molecule has 228 valence electrons. The first-order valence-corrected chi connectivity index (χ1v) is 15.0. The zero-order valence-electron chi connectivity index (χ0n) is 23.8. The number of piperazine rings is 1. The lowest BCUT2D eigenvalue weighted by Gasteiger charge is -2.48. The number of alkyl halides is 2. The minimum atomic E-state index is -2.80. The number of fused-ring (bicyclic) bond motifs is 6. The Morgan fingerprint density at radius 3 is 2.76 bits per heavy atom. The van der Waals surface area contributed by atoms with Gasteiger partial charge in [-0.2, -0.15) is 15.0 Å². The SMILES string of the molecule is CC(C)(C)OC(=O)N1[C@@H]2CC[C@H]1[C@H]1CCOc3nc(Cl)c(F)c4nc(OCC56CCCN5CC(F)(F)C6)nc(c34)N1C2. The van der Waals surface area contributed by atoms with Crippen LogP contribution in [0.5, 0.6) is 11.9 Å². The van der Waals surface area contributed by atoms with Crippen LogP contribution in [0.25, 0.3) is 10.9 Å². The lowest BCUT2D eigenvalue weighted by molar-refractivity contribution is 0.00616. The van der Waals surface area contributed by atoms with Crippen LogP contribution in [0.2, 0.25) is 5.15 Å². The fourth-order valence-electron chi connectivity index (χ4n) is 7.63. The molecule has 4 saturated heterocycles. The van der Waals surface area contributed by atoms with E-state index in [-0.39, 0.29) is 73.2 Å². The van der Waals surface area contributed by atoms with E-state index >= 15 is 4.39 Å². The van der Waals surface area contributed by atoms with E-state index < -0.39 is 28.0 Å². The molecule has 0 aromatic carbocycles. The number of anilines is 1. The highest BCUT2D eigenvalue weighted by Crippen LogP contribution is 2.47. The van der Waals surface area contributed by atoms with Crippen molar-refractivity contribution in [3.63, 3.8) is 0 Å². The second-order valence-electron chi connectivity index (χ2n) is 13.2. The van der Waals surface area contributed by atoms with Crippen molar-refractivity contribution >= 4 is 34.4 Å². The highest BCUT2D eigenvalue weighted by Gasteiger charge is 2.57. The molecule has 2 aromatic rings. The van der Waals surface area contributed by atoms with E-state index in [0.29, 0.717) is 31.7 Å². The molecule has 7 heterocycles. The fourth-order valence-corrected chi connectivity index (χ4v) is 7.80. The summed E-state index contributed by atoms with van der Waals surface area (Å²) < 4.78 is 62.1. The van der Waals surface area contributed by atoms with Crippen LogP contribution < -0.4 is 14.4 Å². The molecule has 2 bridgehead atoms. The molecule has 1 amide bonds. The summed E-state index contributed by atoms with van der Waals surface area (Å²) in [6, 6.07) is -0.639. The Balaban J connectivity index is 1.27. The Morgan fingerprint density at radius 2 is 1.98 bits per heavy atom. The summed E-state index contributed by atoms with van der Waals surface area (Å²) in [4.78, 5) is 32.2. The van der Waals surface area contributed by atoms with Gasteiger partial charge in [-0.1, -0.05) is 11.6 Å². The molecule has 1 unspecified atom stereocenters. The molecular formula is C28H34ClF3N6O4. The highest BCUT2D eigenvalue weighted by atomic mass is 35.5.